The largest absolute Gasteiger partial charge is 0.486 e. The number of anilines is 3. The van der Waals surface area contributed by atoms with Crippen LogP contribution in [0.5, 0.6) is 17.2 Å². The molecule has 3 fully saturated rings. The van der Waals surface area contributed by atoms with Gasteiger partial charge in [0.2, 0.25) is 0 Å². The zero-order chi connectivity index (χ0) is 60.2. The number of hydroxylamine groups is 6. The van der Waals surface area contributed by atoms with Gasteiger partial charge in [-0.25, -0.2) is 14.4 Å². The highest BCUT2D eigenvalue weighted by Gasteiger charge is 2.49. The Labute approximate surface area is 478 Å². The molecule has 3 radical (unpaired) electrons. The van der Waals surface area contributed by atoms with Gasteiger partial charge in [-0.1, -0.05) is 0 Å². The van der Waals surface area contributed by atoms with E-state index in [2.05, 4.69) is 31.9 Å². The molecule has 0 bridgehead atoms. The van der Waals surface area contributed by atoms with Gasteiger partial charge in [-0.15, -0.1) is 30.8 Å². The average Bonchev–Trinajstić information content (AvgIpc) is 3.49. The van der Waals surface area contributed by atoms with E-state index in [9.17, 15) is 45.3 Å². The third-order valence-electron chi connectivity index (χ3n) is 14.1. The molecule has 0 aliphatic carbocycles. The second-order valence-electron chi connectivity index (χ2n) is 24.4. The summed E-state index contributed by atoms with van der Waals surface area (Å²) in [6, 6.07) is -3.88. The Morgan fingerprint density at radius 1 is 0.358 bits per heavy atom. The molecule has 3 aliphatic rings. The van der Waals surface area contributed by atoms with Crippen molar-refractivity contribution in [3.8, 4) is 17.2 Å². The number of carbonyl (C=O) groups is 3. The van der Waals surface area contributed by atoms with Crippen LogP contribution in [-0.2, 0) is 44.0 Å². The number of aliphatic hydroxyl groups is 3. The van der Waals surface area contributed by atoms with E-state index in [0.717, 1.165) is 15.2 Å². The van der Waals surface area contributed by atoms with Gasteiger partial charge in [0.15, 0.2) is 17.2 Å². The molecule has 27 heteroatoms. The summed E-state index contributed by atoms with van der Waals surface area (Å²) in [6.07, 6.45) is 1.66. The summed E-state index contributed by atoms with van der Waals surface area (Å²) in [5.41, 5.74) is -5.81. The molecular weight excluding hydrogens is 1060 g/mol. The lowest BCUT2D eigenvalue weighted by molar-refractivity contribution is -0.289. The highest BCUT2D eigenvalue weighted by atomic mass is 16.6. The van der Waals surface area contributed by atoms with E-state index in [1.165, 1.54) is 0 Å². The predicted octanol–water partition coefficient (Wildman–Crippen LogP) is 4.37. The lowest BCUT2D eigenvalue weighted by Gasteiger charge is -2.49. The predicted molar refractivity (Wildman–Crippen MR) is 297 cm³/mol. The van der Waals surface area contributed by atoms with Crippen LogP contribution in [-0.4, -0.2) is 219 Å². The van der Waals surface area contributed by atoms with Gasteiger partial charge in [0, 0.05) is 51.4 Å². The topological polar surface area (TPSA) is 337 Å². The minimum atomic E-state index is -0.873. The zero-order valence-corrected chi connectivity index (χ0v) is 50.0. The number of aliphatic hydroxyl groups excluding tert-OH is 3. The second-order valence-corrected chi connectivity index (χ2v) is 24.4. The van der Waals surface area contributed by atoms with Crippen molar-refractivity contribution in [3.05, 3.63) is 0 Å². The lowest BCUT2D eigenvalue weighted by Crippen LogP contribution is -2.62. The number of hydrogen-bond acceptors (Lipinski definition) is 18. The van der Waals surface area contributed by atoms with Crippen molar-refractivity contribution in [1.82, 2.24) is 31.1 Å². The third kappa shape index (κ3) is 21.1. The molecule has 465 valence electrons. The minimum absolute atomic E-state index is 0.0579. The van der Waals surface area contributed by atoms with Crippen LogP contribution >= 0.6 is 0 Å². The molecule has 3 heterocycles. The van der Waals surface area contributed by atoms with Crippen LogP contribution in [0.25, 0.3) is 0 Å². The fourth-order valence-electron chi connectivity index (χ4n) is 11.3. The second kappa shape index (κ2) is 31.6. The zero-order valence-electron chi connectivity index (χ0n) is 50.0. The standard InChI is InChI=1S/C54H96N9O18/c1-49(2)31-37(32-50(3,4)61(49)70)55-46(67)58-40-43(79-28-25-76-22-19-73-16-13-64)41(59-47(68)56-38-33-51(5,6)62(71)52(7,8)34-38)45(81-30-27-78-24-21-75-18-15-66)42(44(40)80-29-26-77-23-20-74-17-14-65)60-48(69)57-39-35-53(9,10)63(72)54(11,12)36-39/h37-39,64-66H,13-36H2,1-12H3,(H2,55,58,67)(H2,56,59,68)(H2,57,60,69). The SMILES string of the molecule is CC1(C)CC(NC(=O)Nc2c(OCCOCCOCCO)c(NC(=O)NC3CC(C)(C)N([O])C(C)(C)C3)c(OCCOCCOCCO)c(NC(=O)NC3CC(C)(C)N([O])C(C)(C)C3)c2OCCOCCOCCO)CC(C)(C)N1[O]. The van der Waals surface area contributed by atoms with Crippen molar-refractivity contribution >= 4 is 35.2 Å². The fourth-order valence-corrected chi connectivity index (χ4v) is 11.3. The van der Waals surface area contributed by atoms with E-state index < -0.39 is 69.5 Å². The quantitative estimate of drug-likeness (QED) is 0.0441. The normalized spacial score (nSPS) is 20.1. The van der Waals surface area contributed by atoms with Gasteiger partial charge in [-0.3, -0.25) is 0 Å². The summed E-state index contributed by atoms with van der Waals surface area (Å²) in [5.74, 6) is -0.613. The van der Waals surface area contributed by atoms with Gasteiger partial charge in [0.25, 0.3) is 0 Å². The van der Waals surface area contributed by atoms with Crippen molar-refractivity contribution in [2.45, 2.75) is 173 Å². The van der Waals surface area contributed by atoms with Crippen molar-refractivity contribution < 1.29 is 88.0 Å². The Morgan fingerprint density at radius 3 is 0.741 bits per heavy atom. The summed E-state index contributed by atoms with van der Waals surface area (Å²) in [6.45, 7) is 21.4. The van der Waals surface area contributed by atoms with Crippen molar-refractivity contribution in [2.75, 3.05) is 135 Å². The van der Waals surface area contributed by atoms with E-state index in [1.54, 1.807) is 83.1 Å². The first-order valence-electron chi connectivity index (χ1n) is 28.1. The summed E-state index contributed by atoms with van der Waals surface area (Å²) in [5, 5.41) is 88.8. The maximum Gasteiger partial charge on any atom is 0.319 e. The van der Waals surface area contributed by atoms with Gasteiger partial charge >= 0.3 is 18.1 Å². The van der Waals surface area contributed by atoms with Gasteiger partial charge < -0.3 is 89.9 Å². The molecule has 1 aromatic carbocycles. The molecule has 81 heavy (non-hydrogen) atoms. The van der Waals surface area contributed by atoms with Gasteiger partial charge in [0.1, 0.15) is 36.9 Å². The van der Waals surface area contributed by atoms with Crippen LogP contribution in [0.2, 0.25) is 0 Å². The van der Waals surface area contributed by atoms with Crippen molar-refractivity contribution in [3.63, 3.8) is 0 Å². The molecule has 0 saturated carbocycles. The van der Waals surface area contributed by atoms with E-state index in [0.29, 0.717) is 0 Å². The lowest BCUT2D eigenvalue weighted by atomic mass is 9.79. The molecular formula is C54H96N9O18. The number of amides is 6. The van der Waals surface area contributed by atoms with E-state index in [1.807, 2.05) is 0 Å². The van der Waals surface area contributed by atoms with Gasteiger partial charge in [0.05, 0.1) is 99.1 Å². The number of piperidine rings is 3. The molecule has 4 rings (SSSR count). The van der Waals surface area contributed by atoms with Crippen LogP contribution in [0, 0.1) is 0 Å². The minimum Gasteiger partial charge on any atom is -0.486 e. The van der Waals surface area contributed by atoms with Crippen LogP contribution in [0.15, 0.2) is 0 Å². The molecule has 0 unspecified atom stereocenters. The molecule has 3 aliphatic heterocycles. The number of nitrogens with zero attached hydrogens (tertiary/aromatic N) is 3. The Bertz CT molecular complexity index is 1810. The highest BCUT2D eigenvalue weighted by Crippen LogP contribution is 2.55. The average molecular weight is 1160 g/mol. The summed E-state index contributed by atoms with van der Waals surface area (Å²) >= 11 is 0. The third-order valence-corrected chi connectivity index (χ3v) is 14.1. The van der Waals surface area contributed by atoms with E-state index in [4.69, 9.17) is 42.6 Å². The Kier molecular flexibility index (Phi) is 27.1. The number of urea groups is 3. The highest BCUT2D eigenvalue weighted by molar-refractivity contribution is 6.07. The van der Waals surface area contributed by atoms with Crippen LogP contribution < -0.4 is 46.1 Å². The van der Waals surface area contributed by atoms with Crippen molar-refractivity contribution in [2.24, 2.45) is 0 Å². The summed E-state index contributed by atoms with van der Waals surface area (Å²) in [4.78, 5) is 44.2. The first kappa shape index (κ1) is 69.3. The Hall–Kier alpha value is -4.17. The number of benzene rings is 1. The number of ether oxygens (including phenoxy) is 9. The molecule has 0 atom stereocenters. The monoisotopic (exact) mass is 1160 g/mol. The summed E-state index contributed by atoms with van der Waals surface area (Å²) < 4.78 is 53.3. The molecule has 0 spiro atoms. The Morgan fingerprint density at radius 2 is 0.543 bits per heavy atom. The fraction of sp³-hybridized carbons (Fsp3) is 0.833. The first-order chi connectivity index (χ1) is 38.0. The molecule has 27 nitrogen and oxygen atoms in total. The Balaban J connectivity index is 1.97. The summed E-state index contributed by atoms with van der Waals surface area (Å²) in [7, 11) is 0. The van der Waals surface area contributed by atoms with Crippen LogP contribution in [0.1, 0.15) is 122 Å². The molecule has 3 saturated heterocycles. The molecule has 0 aromatic heterocycles. The maximum atomic E-state index is 14.7. The number of rotatable bonds is 33. The van der Waals surface area contributed by atoms with Crippen LogP contribution in [0.4, 0.5) is 31.4 Å². The van der Waals surface area contributed by atoms with E-state index in [-0.39, 0.29) is 192 Å². The molecule has 6 amide bonds. The van der Waals surface area contributed by atoms with Gasteiger partial charge in [-0.05, 0) is 122 Å². The van der Waals surface area contributed by atoms with Crippen molar-refractivity contribution in [1.29, 1.82) is 0 Å². The molecule has 1 aromatic rings. The first-order valence-corrected chi connectivity index (χ1v) is 28.1. The molecule has 9 N–H and O–H groups in total. The maximum absolute atomic E-state index is 14.7. The van der Waals surface area contributed by atoms with E-state index >= 15 is 0 Å². The number of hydrogen-bond donors (Lipinski definition) is 9. The smallest absolute Gasteiger partial charge is 0.319 e. The van der Waals surface area contributed by atoms with Crippen LogP contribution in [0.3, 0.4) is 0 Å². The number of nitrogens with one attached hydrogen (secondary N) is 6. The van der Waals surface area contributed by atoms with Gasteiger partial charge in [-0.2, -0.15) is 0 Å². The number of carbonyl (C=O) groups excluding carboxylic acids is 3.